The maximum Gasteiger partial charge on any atom is 0.242 e. The molecule has 3 aromatic rings. The predicted octanol–water partition coefficient (Wildman–Crippen LogP) is 2.15. The Labute approximate surface area is 144 Å². The monoisotopic (exact) mass is 341 g/mol. The van der Waals surface area contributed by atoms with Crippen LogP contribution in [0.1, 0.15) is 5.82 Å². The van der Waals surface area contributed by atoms with Gasteiger partial charge in [0.15, 0.2) is 0 Å². The summed E-state index contributed by atoms with van der Waals surface area (Å²) >= 11 is 1.43. The second-order valence-corrected chi connectivity index (χ2v) is 6.72. The fraction of sp³-hybridized carbons (Fsp3) is 0.353. The molecule has 1 aliphatic heterocycles. The molecule has 0 spiro atoms. The Bertz CT molecular complexity index is 863. The van der Waals surface area contributed by atoms with Crippen LogP contribution in [0.2, 0.25) is 0 Å². The van der Waals surface area contributed by atoms with E-state index in [1.165, 1.54) is 16.9 Å². The Kier molecular flexibility index (Phi) is 3.93. The highest BCUT2D eigenvalue weighted by molar-refractivity contribution is 7.09. The molecule has 1 amide bonds. The molecule has 0 saturated carbocycles. The van der Waals surface area contributed by atoms with E-state index in [4.69, 9.17) is 0 Å². The van der Waals surface area contributed by atoms with Crippen molar-refractivity contribution >= 4 is 33.5 Å². The summed E-state index contributed by atoms with van der Waals surface area (Å²) in [5.74, 6) is 0.984. The molecule has 0 radical (unpaired) electrons. The largest absolute Gasteiger partial charge is 0.343 e. The third-order valence-corrected chi connectivity index (χ3v) is 5.27. The molecule has 1 fully saturated rings. The van der Waals surface area contributed by atoms with E-state index in [2.05, 4.69) is 32.5 Å². The van der Waals surface area contributed by atoms with Crippen LogP contribution in [0, 0.1) is 6.92 Å². The van der Waals surface area contributed by atoms with Crippen molar-refractivity contribution in [1.82, 2.24) is 18.8 Å². The van der Waals surface area contributed by atoms with Crippen molar-refractivity contribution in [1.29, 1.82) is 0 Å². The van der Waals surface area contributed by atoms with Gasteiger partial charge in [-0.15, -0.1) is 0 Å². The first-order valence-electron chi connectivity index (χ1n) is 8.07. The summed E-state index contributed by atoms with van der Waals surface area (Å²) in [5, 5.41) is 2.12. The number of carbonyl (C=O) groups excluding carboxylic acids is 1. The first-order chi connectivity index (χ1) is 11.7. The number of aromatic nitrogens is 3. The van der Waals surface area contributed by atoms with Crippen molar-refractivity contribution in [3.63, 3.8) is 0 Å². The molecule has 0 unspecified atom stereocenters. The summed E-state index contributed by atoms with van der Waals surface area (Å²) < 4.78 is 6.26. The van der Waals surface area contributed by atoms with Gasteiger partial charge in [-0.1, -0.05) is 18.2 Å². The highest BCUT2D eigenvalue weighted by Crippen LogP contribution is 2.19. The molecule has 0 atom stereocenters. The van der Waals surface area contributed by atoms with Gasteiger partial charge in [0.1, 0.15) is 12.4 Å². The van der Waals surface area contributed by atoms with Gasteiger partial charge >= 0.3 is 0 Å². The first kappa shape index (κ1) is 15.1. The average molecular weight is 341 g/mol. The molecule has 4 rings (SSSR count). The quantitative estimate of drug-likeness (QED) is 0.732. The number of piperazine rings is 1. The third kappa shape index (κ3) is 2.87. The fourth-order valence-corrected chi connectivity index (χ4v) is 3.81. The number of aryl methyl sites for hydroxylation is 1. The minimum atomic E-state index is 0.171. The van der Waals surface area contributed by atoms with Gasteiger partial charge in [-0.2, -0.15) is 4.37 Å². The van der Waals surface area contributed by atoms with E-state index in [0.717, 1.165) is 42.7 Å². The Morgan fingerprint density at radius 1 is 1.17 bits per heavy atom. The third-order valence-electron chi connectivity index (χ3n) is 4.41. The number of amides is 1. The molecule has 1 aromatic carbocycles. The van der Waals surface area contributed by atoms with Gasteiger partial charge in [-0.05, 0) is 24.4 Å². The van der Waals surface area contributed by atoms with Crippen LogP contribution in [0.25, 0.3) is 10.9 Å². The van der Waals surface area contributed by atoms with Crippen molar-refractivity contribution in [2.75, 3.05) is 31.1 Å². The zero-order valence-electron chi connectivity index (χ0n) is 13.6. The number of fused-ring (bicyclic) bond motifs is 1. The molecule has 1 saturated heterocycles. The second-order valence-electron chi connectivity index (χ2n) is 5.99. The van der Waals surface area contributed by atoms with Gasteiger partial charge in [0.25, 0.3) is 0 Å². The summed E-state index contributed by atoms with van der Waals surface area (Å²) in [6.07, 6.45) is 1.99. The first-order valence-corrected chi connectivity index (χ1v) is 8.85. The summed E-state index contributed by atoms with van der Waals surface area (Å²) in [4.78, 5) is 21.2. The van der Waals surface area contributed by atoms with Gasteiger partial charge in [-0.3, -0.25) is 4.79 Å². The molecular formula is C17H19N5OS. The van der Waals surface area contributed by atoms with Crippen LogP contribution in [0.5, 0.6) is 0 Å². The summed E-state index contributed by atoms with van der Waals surface area (Å²) in [7, 11) is 0. The lowest BCUT2D eigenvalue weighted by Gasteiger charge is -2.34. The number of nitrogens with zero attached hydrogens (tertiary/aromatic N) is 5. The number of para-hydroxylation sites is 1. The summed E-state index contributed by atoms with van der Waals surface area (Å²) in [6.45, 7) is 5.39. The van der Waals surface area contributed by atoms with Crippen LogP contribution < -0.4 is 4.90 Å². The van der Waals surface area contributed by atoms with E-state index in [-0.39, 0.29) is 5.91 Å². The van der Waals surface area contributed by atoms with Gasteiger partial charge in [-0.25, -0.2) is 4.98 Å². The molecule has 24 heavy (non-hydrogen) atoms. The predicted molar refractivity (Wildman–Crippen MR) is 95.4 cm³/mol. The molecule has 0 bridgehead atoms. The van der Waals surface area contributed by atoms with Gasteiger partial charge in [0.2, 0.25) is 11.0 Å². The molecule has 124 valence electrons. The number of hydrogen-bond donors (Lipinski definition) is 0. The molecule has 7 heteroatoms. The molecule has 0 N–H and O–H groups in total. The Morgan fingerprint density at radius 3 is 2.71 bits per heavy atom. The standard InChI is InChI=1S/C17H19N5OS/c1-13-18-17(24-19-13)21-10-8-20(9-11-21)16(23)12-22-7-6-14-4-2-3-5-15(14)22/h2-7H,8-12H2,1H3. The van der Waals surface area contributed by atoms with E-state index in [1.54, 1.807) is 0 Å². The van der Waals surface area contributed by atoms with Crippen LogP contribution in [0.15, 0.2) is 36.5 Å². The van der Waals surface area contributed by atoms with Crippen LogP contribution in [0.3, 0.4) is 0 Å². The number of hydrogen-bond acceptors (Lipinski definition) is 5. The van der Waals surface area contributed by atoms with E-state index < -0.39 is 0 Å². The van der Waals surface area contributed by atoms with Crippen LogP contribution in [-0.2, 0) is 11.3 Å². The molecule has 3 heterocycles. The number of benzene rings is 1. The lowest BCUT2D eigenvalue weighted by Crippen LogP contribution is -2.49. The Morgan fingerprint density at radius 2 is 1.96 bits per heavy atom. The molecule has 0 aliphatic carbocycles. The van der Waals surface area contributed by atoms with E-state index in [9.17, 15) is 4.79 Å². The zero-order valence-corrected chi connectivity index (χ0v) is 14.4. The number of anilines is 1. The molecule has 1 aliphatic rings. The summed E-state index contributed by atoms with van der Waals surface area (Å²) in [5.41, 5.74) is 1.11. The fourth-order valence-electron chi connectivity index (χ4n) is 3.09. The van der Waals surface area contributed by atoms with E-state index in [0.29, 0.717) is 6.54 Å². The average Bonchev–Trinajstić information content (AvgIpc) is 3.22. The van der Waals surface area contributed by atoms with Crippen molar-refractivity contribution < 1.29 is 4.79 Å². The normalized spacial score (nSPS) is 15.2. The Balaban J connectivity index is 1.39. The second kappa shape index (κ2) is 6.24. The van der Waals surface area contributed by atoms with Gasteiger partial charge in [0.05, 0.1) is 0 Å². The summed E-state index contributed by atoms with van der Waals surface area (Å²) in [6, 6.07) is 10.2. The lowest BCUT2D eigenvalue weighted by atomic mass is 10.2. The minimum Gasteiger partial charge on any atom is -0.343 e. The Hall–Kier alpha value is -2.41. The van der Waals surface area contributed by atoms with Crippen molar-refractivity contribution in [3.05, 3.63) is 42.4 Å². The van der Waals surface area contributed by atoms with Crippen molar-refractivity contribution in [2.45, 2.75) is 13.5 Å². The topological polar surface area (TPSA) is 54.3 Å². The van der Waals surface area contributed by atoms with Gasteiger partial charge in [0, 0.05) is 49.4 Å². The smallest absolute Gasteiger partial charge is 0.242 e. The zero-order chi connectivity index (χ0) is 16.5. The molecule has 6 nitrogen and oxygen atoms in total. The molecular weight excluding hydrogens is 322 g/mol. The number of carbonyl (C=O) groups is 1. The van der Waals surface area contributed by atoms with Gasteiger partial charge < -0.3 is 14.4 Å². The highest BCUT2D eigenvalue weighted by atomic mass is 32.1. The van der Waals surface area contributed by atoms with Crippen LogP contribution in [-0.4, -0.2) is 50.9 Å². The number of rotatable bonds is 3. The van der Waals surface area contributed by atoms with Crippen LogP contribution >= 0.6 is 11.5 Å². The highest BCUT2D eigenvalue weighted by Gasteiger charge is 2.23. The maximum atomic E-state index is 12.6. The maximum absolute atomic E-state index is 12.6. The van der Waals surface area contributed by atoms with Crippen molar-refractivity contribution in [2.24, 2.45) is 0 Å². The van der Waals surface area contributed by atoms with E-state index >= 15 is 0 Å². The SMILES string of the molecule is Cc1nsc(N2CCN(C(=O)Cn3ccc4ccccc43)CC2)n1. The minimum absolute atomic E-state index is 0.171. The molecule has 2 aromatic heterocycles. The van der Waals surface area contributed by atoms with Crippen LogP contribution in [0.4, 0.5) is 5.13 Å². The van der Waals surface area contributed by atoms with Crippen molar-refractivity contribution in [3.8, 4) is 0 Å². The van der Waals surface area contributed by atoms with E-state index in [1.807, 2.05) is 34.7 Å². The lowest BCUT2D eigenvalue weighted by molar-refractivity contribution is -0.132.